The monoisotopic (exact) mass is 286 g/mol. The van der Waals surface area contributed by atoms with Crippen LogP contribution < -0.4 is 0 Å². The van der Waals surface area contributed by atoms with Crippen molar-refractivity contribution < 1.29 is 0 Å². The molecule has 0 bridgehead atoms. The molecule has 0 aliphatic heterocycles. The van der Waals surface area contributed by atoms with Gasteiger partial charge in [0.15, 0.2) is 0 Å². The first kappa shape index (κ1) is 16.7. The summed E-state index contributed by atoms with van der Waals surface area (Å²) in [6, 6.07) is 4.38. The Balaban J connectivity index is 2.62. The van der Waals surface area contributed by atoms with Crippen LogP contribution in [0.3, 0.4) is 0 Å². The normalized spacial score (nSPS) is 14.3. The van der Waals surface area contributed by atoms with E-state index in [2.05, 4.69) is 76.8 Å². The van der Waals surface area contributed by atoms with E-state index in [-0.39, 0.29) is 0 Å². The molecule has 0 saturated heterocycles. The predicted octanol–water partition coefficient (Wildman–Crippen LogP) is 6.43. The van der Waals surface area contributed by atoms with E-state index in [9.17, 15) is 0 Å². The molecule has 1 aromatic heterocycles. The summed E-state index contributed by atoms with van der Waals surface area (Å²) in [4.78, 5) is 2.69. The van der Waals surface area contributed by atoms with E-state index in [1.54, 1.807) is 0 Å². The van der Waals surface area contributed by atoms with Crippen molar-refractivity contribution in [2.45, 2.75) is 40.5 Å². The topological polar surface area (TPSA) is 0 Å². The fourth-order valence-corrected chi connectivity index (χ4v) is 3.14. The molecule has 1 aromatic rings. The molecule has 0 fully saturated rings. The number of hydrogen-bond acceptors (Lipinski definition) is 1. The van der Waals surface area contributed by atoms with Gasteiger partial charge in [0.05, 0.1) is 0 Å². The highest BCUT2D eigenvalue weighted by molar-refractivity contribution is 7.12. The van der Waals surface area contributed by atoms with E-state index in [1.807, 2.05) is 11.3 Å². The quantitative estimate of drug-likeness (QED) is 0.400. The van der Waals surface area contributed by atoms with Gasteiger partial charge in [0.25, 0.3) is 0 Å². The summed E-state index contributed by atoms with van der Waals surface area (Å²) in [7, 11) is 0. The van der Waals surface area contributed by atoms with Gasteiger partial charge < -0.3 is 0 Å². The van der Waals surface area contributed by atoms with Crippen LogP contribution in [0.25, 0.3) is 6.08 Å². The van der Waals surface area contributed by atoms with E-state index in [0.29, 0.717) is 5.92 Å². The lowest BCUT2D eigenvalue weighted by atomic mass is 9.96. The molecule has 1 unspecified atom stereocenters. The minimum absolute atomic E-state index is 0.540. The Morgan fingerprint density at radius 3 is 2.70 bits per heavy atom. The molecular formula is C19H26S. The fraction of sp³-hybridized carbons (Fsp3) is 0.368. The maximum absolute atomic E-state index is 4.18. The van der Waals surface area contributed by atoms with Crippen LogP contribution in [0.15, 0.2) is 54.2 Å². The van der Waals surface area contributed by atoms with Crippen LogP contribution in [0.2, 0.25) is 0 Å². The van der Waals surface area contributed by atoms with E-state index >= 15 is 0 Å². The molecule has 1 heteroatoms. The molecule has 0 saturated carbocycles. The highest BCUT2D eigenvalue weighted by Gasteiger charge is 2.04. The van der Waals surface area contributed by atoms with Crippen molar-refractivity contribution in [2.24, 2.45) is 5.92 Å². The Morgan fingerprint density at radius 1 is 1.35 bits per heavy atom. The Hall–Kier alpha value is -1.34. The van der Waals surface area contributed by atoms with Gasteiger partial charge in [-0.3, -0.25) is 0 Å². The minimum atomic E-state index is 0.540. The van der Waals surface area contributed by atoms with Crippen molar-refractivity contribution in [3.63, 3.8) is 0 Å². The van der Waals surface area contributed by atoms with Gasteiger partial charge >= 0.3 is 0 Å². The first-order valence-electron chi connectivity index (χ1n) is 7.30. The van der Waals surface area contributed by atoms with Crippen LogP contribution >= 0.6 is 11.3 Å². The van der Waals surface area contributed by atoms with Crippen LogP contribution in [0, 0.1) is 5.92 Å². The SMILES string of the molecule is C=C(/C=C\C(CC)/C(C)=C/C)Cc1ccc(/C=C/C)s1. The number of hydrogen-bond donors (Lipinski definition) is 0. The molecule has 0 spiro atoms. The highest BCUT2D eigenvalue weighted by Crippen LogP contribution is 2.22. The largest absolute Gasteiger partial charge is 0.141 e. The average molecular weight is 286 g/mol. The summed E-state index contributed by atoms with van der Waals surface area (Å²) in [5.74, 6) is 0.540. The number of rotatable bonds is 7. The highest BCUT2D eigenvalue weighted by atomic mass is 32.1. The van der Waals surface area contributed by atoms with Crippen molar-refractivity contribution in [3.05, 3.63) is 63.9 Å². The fourth-order valence-electron chi connectivity index (χ4n) is 2.10. The van der Waals surface area contributed by atoms with Crippen molar-refractivity contribution in [1.29, 1.82) is 0 Å². The third-order valence-electron chi connectivity index (χ3n) is 3.46. The summed E-state index contributed by atoms with van der Waals surface area (Å²) < 4.78 is 0. The molecule has 0 N–H and O–H groups in total. The predicted molar refractivity (Wildman–Crippen MR) is 94.2 cm³/mol. The average Bonchev–Trinajstić information content (AvgIpc) is 2.86. The number of thiophene rings is 1. The second-order valence-corrected chi connectivity index (χ2v) is 6.25. The van der Waals surface area contributed by atoms with Gasteiger partial charge in [0.2, 0.25) is 0 Å². The Labute approximate surface area is 128 Å². The zero-order chi connectivity index (χ0) is 15.0. The summed E-state index contributed by atoms with van der Waals surface area (Å²) in [6.45, 7) is 12.8. The van der Waals surface area contributed by atoms with Gasteiger partial charge in [-0.2, -0.15) is 0 Å². The lowest BCUT2D eigenvalue weighted by Crippen LogP contribution is -1.96. The van der Waals surface area contributed by atoms with Gasteiger partial charge in [-0.05, 0) is 51.3 Å². The van der Waals surface area contributed by atoms with E-state index in [0.717, 1.165) is 12.8 Å². The lowest BCUT2D eigenvalue weighted by Gasteiger charge is -2.10. The molecule has 0 amide bonds. The molecule has 1 heterocycles. The lowest BCUT2D eigenvalue weighted by molar-refractivity contribution is 0.724. The molecule has 20 heavy (non-hydrogen) atoms. The summed E-state index contributed by atoms with van der Waals surface area (Å²) in [6.07, 6.45) is 13.0. The Morgan fingerprint density at radius 2 is 2.10 bits per heavy atom. The van der Waals surface area contributed by atoms with Crippen LogP contribution in [-0.4, -0.2) is 0 Å². The van der Waals surface area contributed by atoms with Crippen molar-refractivity contribution in [1.82, 2.24) is 0 Å². The van der Waals surface area contributed by atoms with Gasteiger partial charge in [0.1, 0.15) is 0 Å². The minimum Gasteiger partial charge on any atom is -0.141 e. The summed E-state index contributed by atoms with van der Waals surface area (Å²) >= 11 is 1.84. The maximum Gasteiger partial charge on any atom is 0.0270 e. The van der Waals surface area contributed by atoms with E-state index in [1.165, 1.54) is 20.9 Å². The Bertz CT molecular complexity index is 512. The third-order valence-corrected chi connectivity index (χ3v) is 4.51. The molecule has 0 aromatic carbocycles. The zero-order valence-electron chi connectivity index (χ0n) is 13.1. The smallest absolute Gasteiger partial charge is 0.0270 e. The first-order valence-corrected chi connectivity index (χ1v) is 8.12. The molecule has 1 atom stereocenters. The standard InChI is InChI=1S/C19H26S/c1-6-9-18-12-13-19(20-18)14-15(4)10-11-17(8-3)16(5)7-2/h6-7,9-13,17H,4,8,14H2,1-3,5H3/b9-6+,11-10-,16-7+. The third kappa shape index (κ3) is 5.34. The maximum atomic E-state index is 4.18. The van der Waals surface area contributed by atoms with Crippen molar-refractivity contribution in [3.8, 4) is 0 Å². The zero-order valence-corrected chi connectivity index (χ0v) is 14.0. The van der Waals surface area contributed by atoms with Crippen LogP contribution in [-0.2, 0) is 6.42 Å². The van der Waals surface area contributed by atoms with Gasteiger partial charge in [0, 0.05) is 16.2 Å². The van der Waals surface area contributed by atoms with Crippen molar-refractivity contribution >= 4 is 17.4 Å². The molecular weight excluding hydrogens is 260 g/mol. The van der Waals surface area contributed by atoms with Gasteiger partial charge in [-0.1, -0.05) is 49.0 Å². The number of allylic oxidation sites excluding steroid dienone is 6. The second-order valence-electron chi connectivity index (χ2n) is 5.05. The van der Waals surface area contributed by atoms with Crippen molar-refractivity contribution in [2.75, 3.05) is 0 Å². The summed E-state index contributed by atoms with van der Waals surface area (Å²) in [5.41, 5.74) is 2.62. The van der Waals surface area contributed by atoms with Gasteiger partial charge in [-0.25, -0.2) is 0 Å². The van der Waals surface area contributed by atoms with E-state index in [4.69, 9.17) is 0 Å². The molecule has 1 rings (SSSR count). The second kappa shape index (κ2) is 8.76. The Kier molecular flexibility index (Phi) is 7.32. The van der Waals surface area contributed by atoms with Crippen LogP contribution in [0.5, 0.6) is 0 Å². The van der Waals surface area contributed by atoms with E-state index < -0.39 is 0 Å². The molecule has 0 nitrogen and oxygen atoms in total. The molecule has 0 aliphatic rings. The van der Waals surface area contributed by atoms with Crippen LogP contribution in [0.4, 0.5) is 0 Å². The first-order chi connectivity index (χ1) is 9.60. The molecule has 0 radical (unpaired) electrons. The van der Waals surface area contributed by atoms with Crippen LogP contribution in [0.1, 0.15) is 43.9 Å². The van der Waals surface area contributed by atoms with Gasteiger partial charge in [-0.15, -0.1) is 11.3 Å². The molecule has 108 valence electrons. The summed E-state index contributed by atoms with van der Waals surface area (Å²) in [5, 5.41) is 0. The molecule has 0 aliphatic carbocycles.